The maximum Gasteiger partial charge on any atom is 0.135 e. The predicted octanol–water partition coefficient (Wildman–Crippen LogP) is 1.59. The summed E-state index contributed by atoms with van der Waals surface area (Å²) in [4.78, 5) is 15.0. The van der Waals surface area contributed by atoms with Gasteiger partial charge in [-0.05, 0) is 31.3 Å². The number of aliphatic imine (C=N–C) groups is 1. The van der Waals surface area contributed by atoms with E-state index in [9.17, 15) is 4.79 Å². The molecular weight excluding hydrogens is 178 g/mol. The zero-order valence-electron chi connectivity index (χ0n) is 8.19. The van der Waals surface area contributed by atoms with Crippen LogP contribution in [0.15, 0.2) is 17.3 Å². The minimum atomic E-state index is -0.415. The molecule has 0 spiro atoms. The van der Waals surface area contributed by atoms with Gasteiger partial charge in [0, 0.05) is 25.6 Å². The van der Waals surface area contributed by atoms with Crippen molar-refractivity contribution in [2.45, 2.75) is 19.3 Å². The Kier molecular flexibility index (Phi) is 2.77. The lowest BCUT2D eigenvalue weighted by molar-refractivity contribution is -0.112. The molecule has 0 aromatic carbocycles. The summed E-state index contributed by atoms with van der Waals surface area (Å²) in [5.41, 5.74) is -0.415. The average molecular weight is 193 g/mol. The fourth-order valence-corrected chi connectivity index (χ4v) is 2.10. The van der Waals surface area contributed by atoms with Crippen LogP contribution < -0.4 is 0 Å². The Morgan fingerprint density at radius 3 is 2.86 bits per heavy atom. The first kappa shape index (κ1) is 9.59. The predicted molar refractivity (Wildman–Crippen MR) is 54.3 cm³/mol. The first-order valence-electron chi connectivity index (χ1n) is 5.11. The van der Waals surface area contributed by atoms with Crippen LogP contribution >= 0.6 is 0 Å². The molecule has 0 aromatic rings. The first-order valence-corrected chi connectivity index (χ1v) is 5.11. The van der Waals surface area contributed by atoms with Crippen molar-refractivity contribution in [1.82, 2.24) is 0 Å². The van der Waals surface area contributed by atoms with Crippen LogP contribution in [0.5, 0.6) is 0 Å². The fourth-order valence-electron chi connectivity index (χ4n) is 2.10. The topological polar surface area (TPSA) is 38.7 Å². The molecule has 76 valence electrons. The summed E-state index contributed by atoms with van der Waals surface area (Å²) in [6.45, 7) is 1.67. The average Bonchev–Trinajstić information content (AvgIpc) is 2.69. The highest BCUT2D eigenvalue weighted by Crippen LogP contribution is 2.32. The molecule has 0 radical (unpaired) electrons. The van der Waals surface area contributed by atoms with Crippen molar-refractivity contribution >= 4 is 12.5 Å². The van der Waals surface area contributed by atoms with E-state index in [4.69, 9.17) is 4.74 Å². The van der Waals surface area contributed by atoms with Crippen LogP contribution in [-0.2, 0) is 9.53 Å². The maximum absolute atomic E-state index is 11.0. The van der Waals surface area contributed by atoms with Gasteiger partial charge in [0.25, 0.3) is 0 Å². The number of aldehydes is 1. The molecule has 1 atom stereocenters. The molecule has 0 N–H and O–H groups in total. The van der Waals surface area contributed by atoms with Gasteiger partial charge in [-0.2, -0.15) is 0 Å². The maximum atomic E-state index is 11.0. The Labute approximate surface area is 83.9 Å². The van der Waals surface area contributed by atoms with Crippen molar-refractivity contribution in [3.63, 3.8) is 0 Å². The second-order valence-corrected chi connectivity index (χ2v) is 4.08. The molecule has 1 unspecified atom stereocenters. The number of nitrogens with zero attached hydrogens (tertiary/aromatic N) is 1. The molecular formula is C11H15NO2. The minimum Gasteiger partial charge on any atom is -0.381 e. The highest BCUT2D eigenvalue weighted by molar-refractivity contribution is 5.91. The van der Waals surface area contributed by atoms with E-state index in [1.807, 2.05) is 6.08 Å². The molecule has 0 aliphatic carbocycles. The van der Waals surface area contributed by atoms with E-state index in [1.165, 1.54) is 0 Å². The molecule has 2 rings (SSSR count). The van der Waals surface area contributed by atoms with Gasteiger partial charge in [-0.3, -0.25) is 4.99 Å². The molecule has 14 heavy (non-hydrogen) atoms. The van der Waals surface area contributed by atoms with Crippen LogP contribution in [0.2, 0.25) is 0 Å². The largest absolute Gasteiger partial charge is 0.381 e. The van der Waals surface area contributed by atoms with Gasteiger partial charge < -0.3 is 9.53 Å². The third-order valence-corrected chi connectivity index (χ3v) is 2.99. The zero-order chi connectivity index (χ0) is 9.86. The van der Waals surface area contributed by atoms with Crippen LogP contribution in [0, 0.1) is 11.3 Å². The highest BCUT2D eigenvalue weighted by Gasteiger charge is 2.31. The molecule has 2 aliphatic rings. The lowest BCUT2D eigenvalue weighted by Gasteiger charge is -2.27. The van der Waals surface area contributed by atoms with Crippen LogP contribution in [0.25, 0.3) is 0 Å². The molecule has 3 nitrogen and oxygen atoms in total. The third-order valence-electron chi connectivity index (χ3n) is 2.99. The van der Waals surface area contributed by atoms with Gasteiger partial charge in [-0.15, -0.1) is 0 Å². The summed E-state index contributed by atoms with van der Waals surface area (Å²) in [5, 5.41) is 0. The van der Waals surface area contributed by atoms with Crippen molar-refractivity contribution in [2.24, 2.45) is 16.3 Å². The second kappa shape index (κ2) is 4.05. The van der Waals surface area contributed by atoms with Gasteiger partial charge in [0.05, 0.1) is 5.41 Å². The lowest BCUT2D eigenvalue weighted by Crippen LogP contribution is -2.27. The Hall–Kier alpha value is -0.960. The molecule has 0 aromatic heterocycles. The lowest BCUT2D eigenvalue weighted by atomic mass is 9.79. The molecule has 2 heterocycles. The van der Waals surface area contributed by atoms with Crippen LogP contribution in [0.1, 0.15) is 19.3 Å². The van der Waals surface area contributed by atoms with Crippen molar-refractivity contribution in [3.05, 3.63) is 12.3 Å². The van der Waals surface area contributed by atoms with E-state index in [-0.39, 0.29) is 0 Å². The van der Waals surface area contributed by atoms with Crippen molar-refractivity contribution in [2.75, 3.05) is 13.2 Å². The SMILES string of the molecule is O=CC1(CC2CCOCC2)C=CN=C1. The first-order chi connectivity index (χ1) is 6.85. The summed E-state index contributed by atoms with van der Waals surface area (Å²) >= 11 is 0. The number of hydrogen-bond donors (Lipinski definition) is 0. The smallest absolute Gasteiger partial charge is 0.135 e. The summed E-state index contributed by atoms with van der Waals surface area (Å²) in [6, 6.07) is 0. The van der Waals surface area contributed by atoms with Gasteiger partial charge in [0.2, 0.25) is 0 Å². The summed E-state index contributed by atoms with van der Waals surface area (Å²) in [6.07, 6.45) is 9.41. The zero-order valence-corrected chi connectivity index (χ0v) is 8.19. The van der Waals surface area contributed by atoms with Gasteiger partial charge in [-0.1, -0.05) is 0 Å². The van der Waals surface area contributed by atoms with E-state index < -0.39 is 5.41 Å². The van der Waals surface area contributed by atoms with Gasteiger partial charge in [-0.25, -0.2) is 0 Å². The Morgan fingerprint density at radius 1 is 1.50 bits per heavy atom. The van der Waals surface area contributed by atoms with E-state index in [0.717, 1.165) is 38.8 Å². The molecule has 1 fully saturated rings. The molecule has 0 saturated carbocycles. The van der Waals surface area contributed by atoms with Gasteiger partial charge >= 0.3 is 0 Å². The molecule has 0 amide bonds. The van der Waals surface area contributed by atoms with Gasteiger partial charge in [0.1, 0.15) is 6.29 Å². The monoisotopic (exact) mass is 193 g/mol. The van der Waals surface area contributed by atoms with E-state index in [0.29, 0.717) is 5.92 Å². The molecule has 3 heteroatoms. The third kappa shape index (κ3) is 1.93. The van der Waals surface area contributed by atoms with Crippen molar-refractivity contribution in [3.8, 4) is 0 Å². The molecule has 0 bridgehead atoms. The Morgan fingerprint density at radius 2 is 2.29 bits per heavy atom. The number of rotatable bonds is 3. The van der Waals surface area contributed by atoms with Crippen LogP contribution in [0.3, 0.4) is 0 Å². The van der Waals surface area contributed by atoms with Crippen molar-refractivity contribution in [1.29, 1.82) is 0 Å². The number of allylic oxidation sites excluding steroid dienone is 1. The number of hydrogen-bond acceptors (Lipinski definition) is 3. The summed E-state index contributed by atoms with van der Waals surface area (Å²) in [7, 11) is 0. The van der Waals surface area contributed by atoms with Crippen LogP contribution in [-0.4, -0.2) is 25.7 Å². The standard InChI is InChI=1S/C11H15NO2/c13-9-11(3-4-12-8-11)7-10-1-5-14-6-2-10/h3-4,8-10H,1-2,5-7H2. The number of ether oxygens (including phenoxy) is 1. The Balaban J connectivity index is 1.97. The van der Waals surface area contributed by atoms with Crippen molar-refractivity contribution < 1.29 is 9.53 Å². The van der Waals surface area contributed by atoms with E-state index >= 15 is 0 Å². The summed E-state index contributed by atoms with van der Waals surface area (Å²) in [5.74, 6) is 0.600. The normalized spacial score (nSPS) is 32.3. The number of carbonyl (C=O) groups is 1. The van der Waals surface area contributed by atoms with E-state index in [1.54, 1.807) is 12.4 Å². The van der Waals surface area contributed by atoms with Gasteiger partial charge in [0.15, 0.2) is 0 Å². The highest BCUT2D eigenvalue weighted by atomic mass is 16.5. The fraction of sp³-hybridized carbons (Fsp3) is 0.636. The second-order valence-electron chi connectivity index (χ2n) is 4.08. The number of carbonyl (C=O) groups excluding carboxylic acids is 1. The minimum absolute atomic E-state index is 0.415. The Bertz CT molecular complexity index is 252. The molecule has 1 saturated heterocycles. The quantitative estimate of drug-likeness (QED) is 0.638. The van der Waals surface area contributed by atoms with Crippen LogP contribution in [0.4, 0.5) is 0 Å². The van der Waals surface area contributed by atoms with E-state index in [2.05, 4.69) is 4.99 Å². The molecule has 2 aliphatic heterocycles. The summed E-state index contributed by atoms with van der Waals surface area (Å²) < 4.78 is 5.29.